The van der Waals surface area contributed by atoms with Gasteiger partial charge in [0.2, 0.25) is 0 Å². The summed E-state index contributed by atoms with van der Waals surface area (Å²) in [5, 5.41) is 20.9. The topological polar surface area (TPSA) is 80.3 Å². The van der Waals surface area contributed by atoms with Crippen LogP contribution in [0.25, 0.3) is 0 Å². The number of carboxylic acid groups (broad SMARTS) is 2. The van der Waals surface area contributed by atoms with E-state index >= 15 is 0 Å². The van der Waals surface area contributed by atoms with E-state index in [0.29, 0.717) is 0 Å². The number of carbonyl (C=O) groups excluding carboxylic acids is 2. The molecule has 2 unspecified atom stereocenters. The molecule has 0 saturated carbocycles. The van der Waals surface area contributed by atoms with Gasteiger partial charge in [0.05, 0.1) is 0 Å². The van der Waals surface area contributed by atoms with Crippen LogP contribution in [0.15, 0.2) is 0 Å². The molecule has 0 aliphatic heterocycles. The summed E-state index contributed by atoms with van der Waals surface area (Å²) in [5.74, 6) is -2.36. The largest absolute Gasteiger partial charge is 2.00 e. The summed E-state index contributed by atoms with van der Waals surface area (Å²) in [6.07, 6.45) is 21.7. The van der Waals surface area contributed by atoms with Gasteiger partial charge < -0.3 is 19.8 Å². The van der Waals surface area contributed by atoms with E-state index < -0.39 is 11.9 Å². The molecule has 0 aromatic carbocycles. The minimum atomic E-state index is -0.905. The summed E-state index contributed by atoms with van der Waals surface area (Å²) < 4.78 is 0. The first kappa shape index (κ1) is 35.3. The third-order valence-electron chi connectivity index (χ3n) is 5.79. The van der Waals surface area contributed by atoms with Crippen molar-refractivity contribution in [3.8, 4) is 0 Å². The minimum absolute atomic E-state index is 0. The predicted octanol–water partition coefficient (Wildman–Crippen LogP) is 5.43. The van der Waals surface area contributed by atoms with Gasteiger partial charge in [-0.1, -0.05) is 130 Å². The van der Waals surface area contributed by atoms with E-state index in [4.69, 9.17) is 0 Å². The van der Waals surface area contributed by atoms with Crippen molar-refractivity contribution in [2.45, 2.75) is 143 Å². The van der Waals surface area contributed by atoms with E-state index in [1.807, 2.05) is 0 Å². The van der Waals surface area contributed by atoms with Gasteiger partial charge >= 0.3 is 23.1 Å². The molecule has 0 fully saturated rings. The van der Waals surface area contributed by atoms with Crippen LogP contribution in [0.4, 0.5) is 0 Å². The second kappa shape index (κ2) is 27.7. The van der Waals surface area contributed by atoms with E-state index in [2.05, 4.69) is 13.8 Å². The molecule has 0 saturated heterocycles. The number of aliphatic carboxylic acids is 2. The fourth-order valence-corrected chi connectivity index (χ4v) is 3.40. The molecule has 2 atom stereocenters. The molecule has 0 heterocycles. The molecule has 5 heteroatoms. The minimum Gasteiger partial charge on any atom is -0.550 e. The Morgan fingerprint density at radius 2 is 0.742 bits per heavy atom. The molecule has 0 aliphatic carbocycles. The number of unbranched alkanes of at least 4 members (excludes halogenated alkanes) is 14. The van der Waals surface area contributed by atoms with Crippen molar-refractivity contribution in [3.05, 3.63) is 0 Å². The quantitative estimate of drug-likeness (QED) is 0.183. The smallest absolute Gasteiger partial charge is 0.550 e. The van der Waals surface area contributed by atoms with Gasteiger partial charge in [0.25, 0.3) is 0 Å². The Labute approximate surface area is 209 Å². The number of carboxylic acids is 2. The molecular formula is C26H50MgO4. The van der Waals surface area contributed by atoms with Crippen LogP contribution < -0.4 is 10.2 Å². The average molecular weight is 451 g/mol. The van der Waals surface area contributed by atoms with Crippen molar-refractivity contribution in [2.75, 3.05) is 0 Å². The maximum Gasteiger partial charge on any atom is 2.00 e. The monoisotopic (exact) mass is 450 g/mol. The van der Waals surface area contributed by atoms with Gasteiger partial charge in [-0.05, 0) is 24.7 Å². The van der Waals surface area contributed by atoms with Gasteiger partial charge in [0.15, 0.2) is 0 Å². The van der Waals surface area contributed by atoms with Gasteiger partial charge in [0, 0.05) is 11.9 Å². The van der Waals surface area contributed by atoms with Gasteiger partial charge in [-0.2, -0.15) is 0 Å². The SMILES string of the molecule is CCCCCCCCCCC(C)C(=O)[O-].CCCCCCCCCCC(C)C(=O)[O-].[Mg+2]. The van der Waals surface area contributed by atoms with E-state index in [9.17, 15) is 19.8 Å². The van der Waals surface area contributed by atoms with Gasteiger partial charge in [0.1, 0.15) is 0 Å². The standard InChI is InChI=1S/2C13H26O2.Mg/c2*1-3-4-5-6-7-8-9-10-11-12(2)13(14)15;/h2*12H,3-11H2,1-2H3,(H,14,15);/q;;+2/p-2. The van der Waals surface area contributed by atoms with E-state index in [-0.39, 0.29) is 34.9 Å². The van der Waals surface area contributed by atoms with Crippen LogP contribution in [0.5, 0.6) is 0 Å². The summed E-state index contributed by atoms with van der Waals surface area (Å²) in [7, 11) is 0. The third kappa shape index (κ3) is 29.7. The molecule has 0 N–H and O–H groups in total. The van der Waals surface area contributed by atoms with Gasteiger partial charge in [-0.3, -0.25) is 0 Å². The van der Waals surface area contributed by atoms with Crippen molar-refractivity contribution in [3.63, 3.8) is 0 Å². The Balaban J connectivity index is -0.000000490. The van der Waals surface area contributed by atoms with Gasteiger partial charge in [-0.15, -0.1) is 0 Å². The number of hydrogen-bond donors (Lipinski definition) is 0. The van der Waals surface area contributed by atoms with Crippen molar-refractivity contribution >= 4 is 35.0 Å². The fourth-order valence-electron chi connectivity index (χ4n) is 3.40. The molecule has 31 heavy (non-hydrogen) atoms. The van der Waals surface area contributed by atoms with Crippen molar-refractivity contribution in [2.24, 2.45) is 11.8 Å². The molecule has 0 spiro atoms. The molecule has 0 aliphatic rings. The Morgan fingerprint density at radius 1 is 0.516 bits per heavy atom. The van der Waals surface area contributed by atoms with Crippen LogP contribution in [0.2, 0.25) is 0 Å². The fraction of sp³-hybridized carbons (Fsp3) is 0.923. The van der Waals surface area contributed by atoms with Crippen LogP contribution in [-0.2, 0) is 9.59 Å². The van der Waals surface area contributed by atoms with E-state index in [0.717, 1.165) is 25.7 Å². The first-order valence-corrected chi connectivity index (χ1v) is 12.8. The van der Waals surface area contributed by atoms with Crippen molar-refractivity contribution in [1.82, 2.24) is 0 Å². The Morgan fingerprint density at radius 3 is 0.968 bits per heavy atom. The summed E-state index contributed by atoms with van der Waals surface area (Å²) in [6.45, 7) is 7.91. The summed E-state index contributed by atoms with van der Waals surface area (Å²) in [4.78, 5) is 20.9. The Kier molecular flexibility index (Phi) is 31.6. The molecule has 0 radical (unpaired) electrons. The van der Waals surface area contributed by atoms with E-state index in [1.54, 1.807) is 13.8 Å². The molecule has 180 valence electrons. The summed E-state index contributed by atoms with van der Waals surface area (Å²) in [6, 6.07) is 0. The molecule has 4 nitrogen and oxygen atoms in total. The predicted molar refractivity (Wildman–Crippen MR) is 129 cm³/mol. The molecule has 0 aromatic heterocycles. The average Bonchev–Trinajstić information content (AvgIpc) is 2.71. The maximum absolute atomic E-state index is 10.4. The zero-order valence-electron chi connectivity index (χ0n) is 21.2. The molecule has 0 rings (SSSR count). The van der Waals surface area contributed by atoms with Crippen LogP contribution in [0.3, 0.4) is 0 Å². The zero-order valence-corrected chi connectivity index (χ0v) is 22.6. The number of rotatable bonds is 20. The van der Waals surface area contributed by atoms with Crippen molar-refractivity contribution in [1.29, 1.82) is 0 Å². The van der Waals surface area contributed by atoms with Gasteiger partial charge in [-0.25, -0.2) is 0 Å². The molecule has 0 bridgehead atoms. The second-order valence-corrected chi connectivity index (χ2v) is 8.97. The first-order valence-electron chi connectivity index (χ1n) is 12.8. The number of hydrogen-bond acceptors (Lipinski definition) is 4. The van der Waals surface area contributed by atoms with Crippen LogP contribution in [0.1, 0.15) is 143 Å². The first-order chi connectivity index (χ1) is 14.4. The molecule has 0 amide bonds. The Bertz CT molecular complexity index is 352. The van der Waals surface area contributed by atoms with Crippen LogP contribution in [0, 0.1) is 11.8 Å². The molecule has 0 aromatic rings. The Hall–Kier alpha value is -0.294. The zero-order chi connectivity index (χ0) is 23.0. The molecular weight excluding hydrogens is 401 g/mol. The second-order valence-electron chi connectivity index (χ2n) is 8.97. The number of carbonyl (C=O) groups is 2. The maximum atomic E-state index is 10.4. The van der Waals surface area contributed by atoms with Crippen LogP contribution in [-0.4, -0.2) is 35.0 Å². The van der Waals surface area contributed by atoms with Crippen LogP contribution >= 0.6 is 0 Å². The summed E-state index contributed by atoms with van der Waals surface area (Å²) in [5.41, 5.74) is 0. The summed E-state index contributed by atoms with van der Waals surface area (Å²) >= 11 is 0. The normalized spacial score (nSPS) is 12.3. The third-order valence-corrected chi connectivity index (χ3v) is 5.79. The van der Waals surface area contributed by atoms with E-state index in [1.165, 1.54) is 89.9 Å². The van der Waals surface area contributed by atoms with Crippen molar-refractivity contribution < 1.29 is 19.8 Å².